The lowest BCUT2D eigenvalue weighted by molar-refractivity contribution is -0.164. The molecule has 0 aliphatic carbocycles. The van der Waals surface area contributed by atoms with Crippen LogP contribution in [0.25, 0.3) is 0 Å². The summed E-state index contributed by atoms with van der Waals surface area (Å²) in [6.45, 7) is 0.0185. The van der Waals surface area contributed by atoms with Gasteiger partial charge in [-0.1, -0.05) is 6.07 Å². The molecule has 1 heterocycles. The van der Waals surface area contributed by atoms with Crippen LogP contribution in [0.5, 0.6) is 11.5 Å². The third-order valence-corrected chi connectivity index (χ3v) is 2.03. The molecule has 1 N–H and O–H groups in total. The Bertz CT molecular complexity index is 406. The number of benzene rings is 1. The van der Waals surface area contributed by atoms with E-state index in [-0.39, 0.29) is 13.4 Å². The number of carbonyl (C=O) groups is 1. The van der Waals surface area contributed by atoms with Crippen LogP contribution < -0.4 is 9.47 Å². The van der Waals surface area contributed by atoms with Gasteiger partial charge in [0, 0.05) is 0 Å². The molecule has 0 spiro atoms. The molecule has 1 aromatic carbocycles. The molecule has 6 heteroatoms. The zero-order chi connectivity index (χ0) is 11.5. The lowest BCUT2D eigenvalue weighted by Crippen LogP contribution is -2.17. The minimum absolute atomic E-state index is 0.135. The molecular weight excluding hydrogens is 219 g/mol. The van der Waals surface area contributed by atoms with E-state index < -0.39 is 12.3 Å². The summed E-state index contributed by atoms with van der Waals surface area (Å²) in [5.74, 6) is -0.480. The number of carboxylic acid groups (broad SMARTS) is 1. The van der Waals surface area contributed by atoms with E-state index in [0.717, 1.165) is 0 Å². The number of aliphatic carboxylic acids is 1. The summed E-state index contributed by atoms with van der Waals surface area (Å²) in [6.07, 6.45) is -2.31. The predicted molar refractivity (Wildman–Crippen MR) is 49.9 cm³/mol. The maximum Gasteiger partial charge on any atom is 0.366 e. The van der Waals surface area contributed by atoms with E-state index in [2.05, 4.69) is 4.74 Å². The van der Waals surface area contributed by atoms with E-state index in [1.807, 2.05) is 0 Å². The van der Waals surface area contributed by atoms with Crippen molar-refractivity contribution in [3.63, 3.8) is 0 Å². The lowest BCUT2D eigenvalue weighted by atomic mass is 10.2. The summed E-state index contributed by atoms with van der Waals surface area (Å²) in [4.78, 5) is 10.2. The van der Waals surface area contributed by atoms with Crippen molar-refractivity contribution in [2.24, 2.45) is 0 Å². The first-order chi connectivity index (χ1) is 7.66. The second kappa shape index (κ2) is 4.36. The fourth-order valence-electron chi connectivity index (χ4n) is 1.27. The van der Waals surface area contributed by atoms with Crippen LogP contribution in [0.3, 0.4) is 0 Å². The Hall–Kier alpha value is -1.82. The van der Waals surface area contributed by atoms with Crippen LogP contribution in [0.1, 0.15) is 5.56 Å². The maximum atomic E-state index is 12.6. The number of alkyl halides is 1. The Morgan fingerprint density at radius 3 is 3.00 bits per heavy atom. The van der Waals surface area contributed by atoms with Crippen LogP contribution in [0, 0.1) is 0 Å². The summed E-state index contributed by atoms with van der Waals surface area (Å²) in [5, 5.41) is 8.27. The summed E-state index contributed by atoms with van der Waals surface area (Å²) >= 11 is 0. The Kier molecular flexibility index (Phi) is 2.91. The van der Waals surface area contributed by atoms with Gasteiger partial charge in [0.25, 0.3) is 6.36 Å². The Morgan fingerprint density at radius 1 is 1.50 bits per heavy atom. The molecule has 5 nitrogen and oxygen atoms in total. The van der Waals surface area contributed by atoms with Gasteiger partial charge in [-0.3, -0.25) is 0 Å². The molecule has 0 fully saturated rings. The van der Waals surface area contributed by atoms with Crippen molar-refractivity contribution in [2.45, 2.75) is 13.0 Å². The summed E-state index contributed by atoms with van der Waals surface area (Å²) < 4.78 is 27.3. The number of fused-ring (bicyclic) bond motifs is 1. The van der Waals surface area contributed by atoms with Gasteiger partial charge in [-0.2, -0.15) is 0 Å². The third-order valence-electron chi connectivity index (χ3n) is 2.03. The zero-order valence-electron chi connectivity index (χ0n) is 8.18. The van der Waals surface area contributed by atoms with Gasteiger partial charge >= 0.3 is 5.97 Å². The number of halogens is 1. The molecule has 0 saturated heterocycles. The van der Waals surface area contributed by atoms with Crippen molar-refractivity contribution in [3.05, 3.63) is 23.8 Å². The van der Waals surface area contributed by atoms with Gasteiger partial charge in [-0.05, 0) is 17.7 Å². The molecule has 0 bridgehead atoms. The molecule has 1 aliphatic heterocycles. The molecule has 1 aromatic rings. The van der Waals surface area contributed by atoms with Crippen molar-refractivity contribution in [2.75, 3.05) is 6.79 Å². The monoisotopic (exact) mass is 228 g/mol. The Morgan fingerprint density at radius 2 is 2.25 bits per heavy atom. The number of ether oxygens (including phenoxy) is 3. The van der Waals surface area contributed by atoms with Crippen molar-refractivity contribution >= 4 is 5.97 Å². The molecule has 1 atom stereocenters. The first-order valence-corrected chi connectivity index (χ1v) is 4.54. The van der Waals surface area contributed by atoms with Crippen LogP contribution in [0.2, 0.25) is 0 Å². The summed E-state index contributed by atoms with van der Waals surface area (Å²) in [7, 11) is 0. The van der Waals surface area contributed by atoms with Gasteiger partial charge in [0.2, 0.25) is 6.79 Å². The number of hydrogen-bond acceptors (Lipinski definition) is 4. The van der Waals surface area contributed by atoms with Crippen molar-refractivity contribution < 1.29 is 28.5 Å². The number of rotatable bonds is 4. The highest BCUT2D eigenvalue weighted by atomic mass is 19.1. The highest BCUT2D eigenvalue weighted by molar-refractivity contribution is 5.70. The standard InChI is InChI=1S/C10H9FO5/c11-9(10(12)13)14-4-6-1-2-7-8(3-6)16-5-15-7/h1-3,9H,4-5H2,(H,12,13). The first kappa shape index (κ1) is 10.7. The maximum absolute atomic E-state index is 12.6. The van der Waals surface area contributed by atoms with E-state index in [1.54, 1.807) is 18.2 Å². The quantitative estimate of drug-likeness (QED) is 0.841. The third kappa shape index (κ3) is 2.22. The van der Waals surface area contributed by atoms with E-state index in [4.69, 9.17) is 14.6 Å². The molecule has 1 unspecified atom stereocenters. The molecule has 0 saturated carbocycles. The van der Waals surface area contributed by atoms with Crippen LogP contribution in [0.15, 0.2) is 18.2 Å². The second-order valence-corrected chi connectivity index (χ2v) is 3.15. The molecule has 0 amide bonds. The molecule has 2 rings (SSSR count). The van der Waals surface area contributed by atoms with Crippen LogP contribution in [-0.2, 0) is 16.1 Å². The van der Waals surface area contributed by atoms with Crippen LogP contribution >= 0.6 is 0 Å². The van der Waals surface area contributed by atoms with E-state index in [1.165, 1.54) is 0 Å². The molecule has 16 heavy (non-hydrogen) atoms. The van der Waals surface area contributed by atoms with Gasteiger partial charge in [-0.25, -0.2) is 9.18 Å². The van der Waals surface area contributed by atoms with Gasteiger partial charge < -0.3 is 19.3 Å². The molecular formula is C10H9FO5. The Labute approximate surface area is 90.3 Å². The van der Waals surface area contributed by atoms with E-state index in [9.17, 15) is 9.18 Å². The van der Waals surface area contributed by atoms with E-state index >= 15 is 0 Å². The van der Waals surface area contributed by atoms with Crippen molar-refractivity contribution in [1.82, 2.24) is 0 Å². The average Bonchev–Trinajstić information content (AvgIpc) is 2.72. The summed E-state index contributed by atoms with van der Waals surface area (Å²) in [6, 6.07) is 4.94. The summed E-state index contributed by atoms with van der Waals surface area (Å²) in [5.41, 5.74) is 0.619. The average molecular weight is 228 g/mol. The highest BCUT2D eigenvalue weighted by Gasteiger charge is 2.17. The fourth-order valence-corrected chi connectivity index (χ4v) is 1.27. The lowest BCUT2D eigenvalue weighted by Gasteiger charge is -2.06. The van der Waals surface area contributed by atoms with Gasteiger partial charge in [-0.15, -0.1) is 0 Å². The van der Waals surface area contributed by atoms with E-state index in [0.29, 0.717) is 17.1 Å². The smallest absolute Gasteiger partial charge is 0.366 e. The number of hydrogen-bond donors (Lipinski definition) is 1. The van der Waals surface area contributed by atoms with Gasteiger partial charge in [0.1, 0.15) is 0 Å². The SMILES string of the molecule is O=C(O)C(F)OCc1ccc2c(c1)OCO2. The van der Waals surface area contributed by atoms with Gasteiger partial charge in [0.15, 0.2) is 11.5 Å². The first-order valence-electron chi connectivity index (χ1n) is 4.54. The second-order valence-electron chi connectivity index (χ2n) is 3.15. The topological polar surface area (TPSA) is 65.0 Å². The molecule has 0 radical (unpaired) electrons. The van der Waals surface area contributed by atoms with Crippen molar-refractivity contribution in [1.29, 1.82) is 0 Å². The minimum atomic E-state index is -2.31. The molecule has 1 aliphatic rings. The normalized spacial score (nSPS) is 14.8. The fraction of sp³-hybridized carbons (Fsp3) is 0.300. The number of carboxylic acids is 1. The largest absolute Gasteiger partial charge is 0.477 e. The Balaban J connectivity index is 1.98. The molecule has 0 aromatic heterocycles. The molecule has 86 valence electrons. The zero-order valence-corrected chi connectivity index (χ0v) is 8.18. The van der Waals surface area contributed by atoms with Crippen LogP contribution in [0.4, 0.5) is 4.39 Å². The predicted octanol–water partition coefficient (Wildman–Crippen LogP) is 1.31. The van der Waals surface area contributed by atoms with Gasteiger partial charge in [0.05, 0.1) is 6.61 Å². The highest BCUT2D eigenvalue weighted by Crippen LogP contribution is 2.32. The van der Waals surface area contributed by atoms with Crippen LogP contribution in [-0.4, -0.2) is 24.2 Å². The minimum Gasteiger partial charge on any atom is -0.477 e. The van der Waals surface area contributed by atoms with Crippen molar-refractivity contribution in [3.8, 4) is 11.5 Å².